The molecule has 0 aliphatic heterocycles. The van der Waals surface area contributed by atoms with E-state index in [1.165, 1.54) is 5.56 Å². The van der Waals surface area contributed by atoms with Crippen LogP contribution in [0.2, 0.25) is 0 Å². The van der Waals surface area contributed by atoms with E-state index < -0.39 is 0 Å². The zero-order valence-corrected chi connectivity index (χ0v) is 15.5. The van der Waals surface area contributed by atoms with E-state index in [1.807, 2.05) is 55.5 Å². The van der Waals surface area contributed by atoms with Crippen molar-refractivity contribution in [3.63, 3.8) is 0 Å². The van der Waals surface area contributed by atoms with Crippen LogP contribution in [-0.4, -0.2) is 20.4 Å². The lowest BCUT2D eigenvalue weighted by atomic mass is 10.0. The summed E-state index contributed by atoms with van der Waals surface area (Å²) in [5.74, 6) is 0.0337. The zero-order valence-electron chi connectivity index (χ0n) is 15.5. The fourth-order valence-electron chi connectivity index (χ4n) is 3.24. The van der Waals surface area contributed by atoms with Gasteiger partial charge in [0.1, 0.15) is 0 Å². The summed E-state index contributed by atoms with van der Waals surface area (Å²) in [5, 5.41) is 4.38. The minimum absolute atomic E-state index is 0.0337. The fourth-order valence-corrected chi connectivity index (χ4v) is 3.24. The molecule has 0 aliphatic rings. The summed E-state index contributed by atoms with van der Waals surface area (Å²) in [6, 6.07) is 20.2. The minimum atomic E-state index is 0.0337. The van der Waals surface area contributed by atoms with E-state index in [0.29, 0.717) is 17.6 Å². The van der Waals surface area contributed by atoms with E-state index in [0.717, 1.165) is 28.9 Å². The second-order valence-corrected chi connectivity index (χ2v) is 6.71. The van der Waals surface area contributed by atoms with E-state index >= 15 is 0 Å². The van der Waals surface area contributed by atoms with E-state index in [-0.39, 0.29) is 5.78 Å². The molecule has 0 atom stereocenters. The monoisotopic (exact) mass is 355 g/mol. The maximum absolute atomic E-state index is 12.9. The van der Waals surface area contributed by atoms with Crippen LogP contribution in [0.1, 0.15) is 34.1 Å². The van der Waals surface area contributed by atoms with Crippen molar-refractivity contribution >= 4 is 11.4 Å². The van der Waals surface area contributed by atoms with Crippen LogP contribution in [-0.2, 0) is 12.8 Å². The number of benzene rings is 2. The number of fused-ring (bicyclic) bond motifs is 1. The van der Waals surface area contributed by atoms with Gasteiger partial charge in [-0.25, -0.2) is 9.50 Å². The molecule has 134 valence electrons. The van der Waals surface area contributed by atoms with E-state index in [1.54, 1.807) is 10.7 Å². The Labute approximate surface area is 158 Å². The number of nitrogens with zero attached hydrogens (tertiary/aromatic N) is 3. The molecule has 2 aromatic heterocycles. The van der Waals surface area contributed by atoms with Gasteiger partial charge in [0.05, 0.1) is 17.5 Å². The Morgan fingerprint density at radius 3 is 2.41 bits per heavy atom. The lowest BCUT2D eigenvalue weighted by Gasteiger charge is -2.06. The molecule has 0 saturated carbocycles. The molecule has 0 radical (unpaired) electrons. The Balaban J connectivity index is 1.70. The molecule has 0 bridgehead atoms. The van der Waals surface area contributed by atoms with Crippen LogP contribution in [0.4, 0.5) is 0 Å². The van der Waals surface area contributed by atoms with Crippen molar-refractivity contribution in [2.75, 3.05) is 0 Å². The van der Waals surface area contributed by atoms with Crippen molar-refractivity contribution in [3.8, 4) is 11.3 Å². The molecule has 27 heavy (non-hydrogen) atoms. The van der Waals surface area contributed by atoms with Crippen LogP contribution in [0.15, 0.2) is 66.9 Å². The SMILES string of the molecule is CCc1ccc(CC(=O)c2cnn3c(C)cc(-c4ccccc4)nc23)cc1. The molecule has 0 amide bonds. The molecule has 2 aromatic carbocycles. The van der Waals surface area contributed by atoms with Crippen molar-refractivity contribution < 1.29 is 4.79 Å². The molecule has 0 fully saturated rings. The van der Waals surface area contributed by atoms with E-state index in [2.05, 4.69) is 24.2 Å². The predicted molar refractivity (Wildman–Crippen MR) is 107 cm³/mol. The molecule has 0 saturated heterocycles. The maximum atomic E-state index is 12.9. The van der Waals surface area contributed by atoms with Gasteiger partial charge >= 0.3 is 0 Å². The average molecular weight is 355 g/mol. The van der Waals surface area contributed by atoms with Crippen LogP contribution in [0, 0.1) is 6.92 Å². The predicted octanol–water partition coefficient (Wildman–Crippen LogP) is 4.69. The topological polar surface area (TPSA) is 47.3 Å². The molecule has 4 nitrogen and oxygen atoms in total. The number of aryl methyl sites for hydroxylation is 2. The lowest BCUT2D eigenvalue weighted by molar-refractivity contribution is 0.0994. The quantitative estimate of drug-likeness (QED) is 0.488. The van der Waals surface area contributed by atoms with Crippen molar-refractivity contribution in [1.29, 1.82) is 0 Å². The largest absolute Gasteiger partial charge is 0.294 e. The number of hydrogen-bond acceptors (Lipinski definition) is 3. The number of hydrogen-bond donors (Lipinski definition) is 0. The summed E-state index contributed by atoms with van der Waals surface area (Å²) in [6.45, 7) is 4.10. The van der Waals surface area contributed by atoms with E-state index in [4.69, 9.17) is 4.98 Å². The van der Waals surface area contributed by atoms with Gasteiger partial charge in [-0.3, -0.25) is 4.79 Å². The van der Waals surface area contributed by atoms with Crippen LogP contribution in [0.5, 0.6) is 0 Å². The zero-order chi connectivity index (χ0) is 18.8. The lowest BCUT2D eigenvalue weighted by Crippen LogP contribution is -2.05. The van der Waals surface area contributed by atoms with Gasteiger partial charge in [0.15, 0.2) is 11.4 Å². The Kier molecular flexibility index (Phi) is 4.55. The van der Waals surface area contributed by atoms with Gasteiger partial charge in [0, 0.05) is 17.7 Å². The number of aromatic nitrogens is 3. The van der Waals surface area contributed by atoms with E-state index in [9.17, 15) is 4.79 Å². The first-order valence-corrected chi connectivity index (χ1v) is 9.17. The smallest absolute Gasteiger partial charge is 0.172 e. The van der Waals surface area contributed by atoms with Gasteiger partial charge in [-0.15, -0.1) is 0 Å². The highest BCUT2D eigenvalue weighted by molar-refractivity contribution is 6.02. The molecule has 0 unspecified atom stereocenters. The van der Waals surface area contributed by atoms with Gasteiger partial charge in [0.25, 0.3) is 0 Å². The summed E-state index contributed by atoms with van der Waals surface area (Å²) >= 11 is 0. The van der Waals surface area contributed by atoms with Crippen molar-refractivity contribution in [2.24, 2.45) is 0 Å². The fraction of sp³-hybridized carbons (Fsp3) is 0.174. The van der Waals surface area contributed by atoms with Gasteiger partial charge in [0.2, 0.25) is 0 Å². The number of ketones is 1. The standard InChI is InChI=1S/C23H21N3O/c1-3-17-9-11-18(12-10-17)14-22(27)20-15-24-26-16(2)13-21(25-23(20)26)19-7-5-4-6-8-19/h4-13,15H,3,14H2,1-2H3. The highest BCUT2D eigenvalue weighted by atomic mass is 16.1. The number of carbonyl (C=O) groups is 1. The molecule has 0 aliphatic carbocycles. The second kappa shape index (κ2) is 7.16. The number of carbonyl (C=O) groups excluding carboxylic acids is 1. The van der Waals surface area contributed by atoms with Crippen molar-refractivity contribution in [2.45, 2.75) is 26.7 Å². The molecular formula is C23H21N3O. The Morgan fingerprint density at radius 1 is 1.00 bits per heavy atom. The van der Waals surface area contributed by atoms with Crippen LogP contribution in [0.3, 0.4) is 0 Å². The van der Waals surface area contributed by atoms with Gasteiger partial charge < -0.3 is 0 Å². The Morgan fingerprint density at radius 2 is 1.70 bits per heavy atom. The number of rotatable bonds is 5. The molecule has 4 rings (SSSR count). The average Bonchev–Trinajstić information content (AvgIpc) is 3.14. The summed E-state index contributed by atoms with van der Waals surface area (Å²) in [6.07, 6.45) is 2.97. The van der Waals surface area contributed by atoms with Crippen LogP contribution < -0.4 is 0 Å². The first kappa shape index (κ1) is 17.2. The molecule has 2 heterocycles. The summed E-state index contributed by atoms with van der Waals surface area (Å²) in [4.78, 5) is 17.6. The number of Topliss-reactive ketones (excluding diaryl/α,β-unsaturated/α-hetero) is 1. The summed E-state index contributed by atoms with van der Waals surface area (Å²) < 4.78 is 1.74. The first-order chi connectivity index (χ1) is 13.2. The van der Waals surface area contributed by atoms with Crippen molar-refractivity contribution in [1.82, 2.24) is 14.6 Å². The Hall–Kier alpha value is -3.27. The third-order valence-electron chi connectivity index (χ3n) is 4.82. The van der Waals surface area contributed by atoms with Crippen LogP contribution in [0.25, 0.3) is 16.9 Å². The summed E-state index contributed by atoms with van der Waals surface area (Å²) in [7, 11) is 0. The highest BCUT2D eigenvalue weighted by Crippen LogP contribution is 2.21. The van der Waals surface area contributed by atoms with Crippen molar-refractivity contribution in [3.05, 3.63) is 89.2 Å². The molecular weight excluding hydrogens is 334 g/mol. The normalized spacial score (nSPS) is 11.0. The van der Waals surface area contributed by atoms with Crippen LogP contribution >= 0.6 is 0 Å². The Bertz CT molecular complexity index is 1100. The third-order valence-corrected chi connectivity index (χ3v) is 4.82. The second-order valence-electron chi connectivity index (χ2n) is 6.71. The third kappa shape index (κ3) is 3.38. The minimum Gasteiger partial charge on any atom is -0.294 e. The molecule has 0 spiro atoms. The first-order valence-electron chi connectivity index (χ1n) is 9.17. The molecule has 4 aromatic rings. The van der Waals surface area contributed by atoms with Gasteiger partial charge in [-0.2, -0.15) is 5.10 Å². The van der Waals surface area contributed by atoms with Gasteiger partial charge in [-0.05, 0) is 30.5 Å². The van der Waals surface area contributed by atoms with Gasteiger partial charge in [-0.1, -0.05) is 61.5 Å². The maximum Gasteiger partial charge on any atom is 0.172 e. The highest BCUT2D eigenvalue weighted by Gasteiger charge is 2.17. The summed E-state index contributed by atoms with van der Waals surface area (Å²) in [5.41, 5.74) is 6.28. The molecule has 0 N–H and O–H groups in total. The molecule has 4 heteroatoms.